The van der Waals surface area contributed by atoms with E-state index in [2.05, 4.69) is 15.2 Å². The van der Waals surface area contributed by atoms with E-state index in [-0.39, 0.29) is 10.7 Å². The maximum absolute atomic E-state index is 4.51. The third-order valence-electron chi connectivity index (χ3n) is 1.51. The maximum Gasteiger partial charge on any atom is 0.0710 e. The summed E-state index contributed by atoms with van der Waals surface area (Å²) in [5.74, 6) is 0. The van der Waals surface area contributed by atoms with Gasteiger partial charge < -0.3 is 0 Å². The molecule has 2 rings (SSSR count). The van der Waals surface area contributed by atoms with E-state index in [9.17, 15) is 0 Å². The van der Waals surface area contributed by atoms with Crippen LogP contribution in [0.3, 0.4) is 0 Å². The van der Waals surface area contributed by atoms with Crippen molar-refractivity contribution in [3.8, 4) is 0 Å². The highest BCUT2D eigenvalue weighted by Gasteiger charge is 1.91. The first-order valence-corrected chi connectivity index (χ1v) is 5.10. The van der Waals surface area contributed by atoms with Crippen LogP contribution in [0.4, 0.5) is 5.69 Å². The molecule has 1 aromatic rings. The normalized spacial score (nSPS) is 15.3. The van der Waals surface area contributed by atoms with Crippen LogP contribution in [0.1, 0.15) is 0 Å². The van der Waals surface area contributed by atoms with Crippen molar-refractivity contribution in [3.05, 3.63) is 53.3 Å². The quantitative estimate of drug-likeness (QED) is 0.621. The fourth-order valence-corrected chi connectivity index (χ4v) is 2.05. The Bertz CT molecular complexity index is 335. The molecule has 1 heterocycles. The molecule has 0 fully saturated rings. The molecule has 12 heavy (non-hydrogen) atoms. The molecule has 0 bridgehead atoms. The van der Waals surface area contributed by atoms with Crippen LogP contribution in [0, 0.1) is 0 Å². The molecule has 0 atom stereocenters. The smallest absolute Gasteiger partial charge is 0.0710 e. The van der Waals surface area contributed by atoms with Crippen molar-refractivity contribution in [3.63, 3.8) is 0 Å². The standard InChI is InChI=1S/C10H9NS/c1-2-6-10(7-3-1)11-12-8-4-5-9-12/h1-9H. The van der Waals surface area contributed by atoms with Crippen LogP contribution >= 0.6 is 0 Å². The lowest BCUT2D eigenvalue weighted by atomic mass is 10.3. The molecule has 0 radical (unpaired) electrons. The molecule has 0 saturated carbocycles. The Kier molecular flexibility index (Phi) is 2.19. The van der Waals surface area contributed by atoms with E-state index in [4.69, 9.17) is 0 Å². The van der Waals surface area contributed by atoms with Crippen LogP contribution in [-0.4, -0.2) is 0 Å². The first-order valence-electron chi connectivity index (χ1n) is 3.79. The van der Waals surface area contributed by atoms with Crippen molar-refractivity contribution >= 4 is 16.4 Å². The number of hydrogen-bond acceptors (Lipinski definition) is 1. The Hall–Kier alpha value is -1.15. The number of benzene rings is 1. The van der Waals surface area contributed by atoms with Gasteiger partial charge in [-0.15, -0.1) is 0 Å². The maximum atomic E-state index is 4.51. The Labute approximate surface area is 74.5 Å². The number of nitrogens with zero attached hydrogens (tertiary/aromatic N) is 1. The van der Waals surface area contributed by atoms with Gasteiger partial charge in [-0.05, 0) is 33.6 Å². The van der Waals surface area contributed by atoms with E-state index in [1.165, 1.54) is 0 Å². The molecule has 1 nitrogen and oxygen atoms in total. The number of rotatable bonds is 1. The summed E-state index contributed by atoms with van der Waals surface area (Å²) in [5.41, 5.74) is 1.05. The van der Waals surface area contributed by atoms with Gasteiger partial charge in [0.2, 0.25) is 0 Å². The number of hydrogen-bond donors (Lipinski definition) is 0. The lowest BCUT2D eigenvalue weighted by Crippen LogP contribution is -1.70. The van der Waals surface area contributed by atoms with E-state index in [1.807, 2.05) is 42.5 Å². The molecule has 1 aliphatic heterocycles. The molecule has 0 aliphatic carbocycles. The summed E-state index contributed by atoms with van der Waals surface area (Å²) in [6.07, 6.45) is 4.07. The van der Waals surface area contributed by atoms with Crippen LogP contribution < -0.4 is 0 Å². The van der Waals surface area contributed by atoms with Crippen molar-refractivity contribution in [2.24, 2.45) is 4.36 Å². The monoisotopic (exact) mass is 175 g/mol. The number of allylic oxidation sites excluding steroid dienone is 2. The van der Waals surface area contributed by atoms with Crippen molar-refractivity contribution in [1.82, 2.24) is 0 Å². The zero-order chi connectivity index (χ0) is 8.23. The predicted molar refractivity (Wildman–Crippen MR) is 54.2 cm³/mol. The molecular formula is C10H9NS. The Morgan fingerprint density at radius 3 is 2.25 bits per heavy atom. The van der Waals surface area contributed by atoms with E-state index < -0.39 is 0 Å². The van der Waals surface area contributed by atoms with Gasteiger partial charge in [0.05, 0.1) is 5.69 Å². The van der Waals surface area contributed by atoms with Crippen LogP contribution in [0.2, 0.25) is 0 Å². The average molecular weight is 175 g/mol. The van der Waals surface area contributed by atoms with Gasteiger partial charge in [-0.25, -0.2) is 4.36 Å². The van der Waals surface area contributed by atoms with E-state index in [0.717, 1.165) is 5.69 Å². The minimum Gasteiger partial charge on any atom is -0.220 e. The second kappa shape index (κ2) is 3.50. The van der Waals surface area contributed by atoms with Gasteiger partial charge in [-0.1, -0.05) is 30.4 Å². The summed E-state index contributed by atoms with van der Waals surface area (Å²) in [4.78, 5) is 0. The lowest BCUT2D eigenvalue weighted by Gasteiger charge is -1.92. The molecule has 1 aliphatic rings. The van der Waals surface area contributed by atoms with Crippen molar-refractivity contribution in [1.29, 1.82) is 0 Å². The molecule has 0 amide bonds. The highest BCUT2D eigenvalue weighted by Crippen LogP contribution is 2.14. The zero-order valence-electron chi connectivity index (χ0n) is 6.55. The van der Waals surface area contributed by atoms with Crippen LogP contribution in [0.5, 0.6) is 0 Å². The Balaban J connectivity index is 2.29. The van der Waals surface area contributed by atoms with Gasteiger partial charge in [0.25, 0.3) is 0 Å². The van der Waals surface area contributed by atoms with Crippen LogP contribution in [-0.2, 0) is 10.7 Å². The second-order valence-electron chi connectivity index (χ2n) is 2.43. The molecule has 60 valence electrons. The summed E-state index contributed by atoms with van der Waals surface area (Å²) >= 11 is 0. The van der Waals surface area contributed by atoms with E-state index in [1.54, 1.807) is 0 Å². The summed E-state index contributed by atoms with van der Waals surface area (Å²) < 4.78 is 4.51. The minimum atomic E-state index is -0.0144. The highest BCUT2D eigenvalue weighted by molar-refractivity contribution is 7.93. The molecule has 1 aromatic carbocycles. The molecule has 0 N–H and O–H groups in total. The summed E-state index contributed by atoms with van der Waals surface area (Å²) in [6, 6.07) is 10.1. The van der Waals surface area contributed by atoms with Gasteiger partial charge in [-0.3, -0.25) is 0 Å². The zero-order valence-corrected chi connectivity index (χ0v) is 7.37. The van der Waals surface area contributed by atoms with Crippen molar-refractivity contribution in [2.75, 3.05) is 0 Å². The van der Waals surface area contributed by atoms with E-state index in [0.29, 0.717) is 0 Å². The molecule has 0 unspecified atom stereocenters. The molecule has 0 spiro atoms. The Morgan fingerprint density at radius 1 is 0.917 bits per heavy atom. The summed E-state index contributed by atoms with van der Waals surface area (Å²) in [7, 11) is -0.0144. The second-order valence-corrected chi connectivity index (χ2v) is 3.85. The van der Waals surface area contributed by atoms with Gasteiger partial charge in [-0.2, -0.15) is 0 Å². The van der Waals surface area contributed by atoms with E-state index >= 15 is 0 Å². The van der Waals surface area contributed by atoms with Crippen LogP contribution in [0.25, 0.3) is 0 Å². The first-order chi connectivity index (χ1) is 5.95. The predicted octanol–water partition coefficient (Wildman–Crippen LogP) is 3.16. The fraction of sp³-hybridized carbons (Fsp3) is 0. The van der Waals surface area contributed by atoms with Gasteiger partial charge in [0.1, 0.15) is 0 Å². The van der Waals surface area contributed by atoms with Crippen LogP contribution in [0.15, 0.2) is 57.7 Å². The topological polar surface area (TPSA) is 12.4 Å². The van der Waals surface area contributed by atoms with Gasteiger partial charge >= 0.3 is 0 Å². The Morgan fingerprint density at radius 2 is 1.58 bits per heavy atom. The van der Waals surface area contributed by atoms with Gasteiger partial charge in [0.15, 0.2) is 0 Å². The van der Waals surface area contributed by atoms with Crippen molar-refractivity contribution < 1.29 is 0 Å². The third-order valence-corrected chi connectivity index (χ3v) is 2.81. The fourth-order valence-electron chi connectivity index (χ4n) is 0.969. The SMILES string of the molecule is C1=CS(=Nc2ccccc2)C=C1. The third kappa shape index (κ3) is 1.71. The lowest BCUT2D eigenvalue weighted by molar-refractivity contribution is 1.57. The molecule has 0 aromatic heterocycles. The molecule has 2 heteroatoms. The highest BCUT2D eigenvalue weighted by atomic mass is 32.2. The van der Waals surface area contributed by atoms with Crippen molar-refractivity contribution in [2.45, 2.75) is 0 Å². The van der Waals surface area contributed by atoms with Gasteiger partial charge in [0, 0.05) is 0 Å². The minimum absolute atomic E-state index is 0.0144. The average Bonchev–Trinajstić information content (AvgIpc) is 2.59. The summed E-state index contributed by atoms with van der Waals surface area (Å²) in [5, 5.41) is 4.21. The molecule has 0 saturated heterocycles. The largest absolute Gasteiger partial charge is 0.220 e. The molecular weight excluding hydrogens is 166 g/mol. The summed E-state index contributed by atoms with van der Waals surface area (Å²) in [6.45, 7) is 0. The first kappa shape index (κ1) is 7.50.